The van der Waals surface area contributed by atoms with Gasteiger partial charge in [-0.1, -0.05) is 6.07 Å². The minimum atomic E-state index is 0.275. The predicted octanol–water partition coefficient (Wildman–Crippen LogP) is 1.83. The van der Waals surface area contributed by atoms with Crippen LogP contribution in [0, 0.1) is 0 Å². The van der Waals surface area contributed by atoms with Gasteiger partial charge in [-0.15, -0.1) is 0 Å². The van der Waals surface area contributed by atoms with Gasteiger partial charge in [0.25, 0.3) is 0 Å². The summed E-state index contributed by atoms with van der Waals surface area (Å²) in [5.41, 5.74) is 0.994. The summed E-state index contributed by atoms with van der Waals surface area (Å²) in [7, 11) is 1.76. The molecule has 19 heavy (non-hydrogen) atoms. The third-order valence-corrected chi connectivity index (χ3v) is 2.68. The summed E-state index contributed by atoms with van der Waals surface area (Å²) in [6.07, 6.45) is 1.65. The highest BCUT2D eigenvalue weighted by molar-refractivity contribution is 5.44. The zero-order chi connectivity index (χ0) is 13.1. The van der Waals surface area contributed by atoms with E-state index in [0.717, 1.165) is 17.1 Å². The maximum Gasteiger partial charge on any atom is 0.231 e. The van der Waals surface area contributed by atoms with Gasteiger partial charge in [-0.25, -0.2) is 4.98 Å². The lowest BCUT2D eigenvalue weighted by atomic mass is 10.2. The molecule has 0 amide bonds. The molecule has 0 radical (unpaired) electrons. The van der Waals surface area contributed by atoms with E-state index in [2.05, 4.69) is 15.3 Å². The van der Waals surface area contributed by atoms with E-state index in [0.29, 0.717) is 18.4 Å². The van der Waals surface area contributed by atoms with Gasteiger partial charge in [0.2, 0.25) is 18.6 Å². The van der Waals surface area contributed by atoms with E-state index in [4.69, 9.17) is 14.2 Å². The number of anilines is 1. The molecule has 1 aliphatic heterocycles. The van der Waals surface area contributed by atoms with Crippen LogP contribution in [0.5, 0.6) is 17.4 Å². The Morgan fingerprint density at radius 1 is 1.26 bits per heavy atom. The highest BCUT2D eigenvalue weighted by Gasteiger charge is 2.13. The van der Waals surface area contributed by atoms with Gasteiger partial charge < -0.3 is 19.5 Å². The van der Waals surface area contributed by atoms with Crippen LogP contribution in [0.2, 0.25) is 0 Å². The first kappa shape index (κ1) is 11.6. The number of fused-ring (bicyclic) bond motifs is 1. The molecule has 0 atom stereocenters. The first-order chi connectivity index (χ1) is 9.35. The Hall–Kier alpha value is -2.50. The van der Waals surface area contributed by atoms with Crippen LogP contribution in [0.1, 0.15) is 5.56 Å². The van der Waals surface area contributed by atoms with Gasteiger partial charge in [0.1, 0.15) is 6.61 Å². The summed E-state index contributed by atoms with van der Waals surface area (Å²) in [6, 6.07) is 7.43. The molecular weight excluding hydrogens is 246 g/mol. The molecule has 3 rings (SSSR count). The standard InChI is InChI=1S/C13H13N3O3/c1-14-13-15-5-4-12(16-13)17-7-9-2-3-10-11(6-9)19-8-18-10/h2-6H,7-8H2,1H3,(H,14,15,16). The highest BCUT2D eigenvalue weighted by Crippen LogP contribution is 2.32. The quantitative estimate of drug-likeness (QED) is 0.903. The summed E-state index contributed by atoms with van der Waals surface area (Å²) in [5.74, 6) is 2.57. The van der Waals surface area contributed by atoms with E-state index >= 15 is 0 Å². The normalized spacial score (nSPS) is 12.3. The van der Waals surface area contributed by atoms with Gasteiger partial charge in [-0.05, 0) is 17.7 Å². The number of nitrogens with zero attached hydrogens (tertiary/aromatic N) is 2. The van der Waals surface area contributed by atoms with E-state index in [-0.39, 0.29) is 6.79 Å². The second-order valence-corrected chi connectivity index (χ2v) is 3.94. The molecule has 1 aromatic heterocycles. The minimum Gasteiger partial charge on any atom is -0.473 e. The molecule has 98 valence electrons. The molecule has 0 saturated carbocycles. The van der Waals surface area contributed by atoms with Crippen molar-refractivity contribution >= 4 is 5.95 Å². The van der Waals surface area contributed by atoms with Crippen LogP contribution in [-0.2, 0) is 6.61 Å². The average molecular weight is 259 g/mol. The molecule has 0 bridgehead atoms. The second kappa shape index (κ2) is 5.01. The lowest BCUT2D eigenvalue weighted by Crippen LogP contribution is -2.01. The molecule has 0 fully saturated rings. The average Bonchev–Trinajstić information content (AvgIpc) is 2.93. The van der Waals surface area contributed by atoms with Crippen LogP contribution >= 0.6 is 0 Å². The lowest BCUT2D eigenvalue weighted by molar-refractivity contribution is 0.174. The molecular formula is C13H13N3O3. The van der Waals surface area contributed by atoms with Gasteiger partial charge in [0.15, 0.2) is 11.5 Å². The van der Waals surface area contributed by atoms with Crippen molar-refractivity contribution in [2.75, 3.05) is 19.2 Å². The van der Waals surface area contributed by atoms with Gasteiger partial charge in [0.05, 0.1) is 0 Å². The van der Waals surface area contributed by atoms with Crippen molar-refractivity contribution in [3.8, 4) is 17.4 Å². The Morgan fingerprint density at radius 2 is 2.16 bits per heavy atom. The van der Waals surface area contributed by atoms with Crippen LogP contribution in [0.15, 0.2) is 30.5 Å². The topological polar surface area (TPSA) is 65.5 Å². The fraction of sp³-hybridized carbons (Fsp3) is 0.231. The van der Waals surface area contributed by atoms with Crippen molar-refractivity contribution < 1.29 is 14.2 Å². The Bertz CT molecular complexity index is 589. The molecule has 2 aromatic rings. The number of nitrogens with one attached hydrogen (secondary N) is 1. The maximum atomic E-state index is 5.61. The molecule has 1 aromatic carbocycles. The number of hydrogen-bond acceptors (Lipinski definition) is 6. The Kier molecular flexibility index (Phi) is 3.06. The third-order valence-electron chi connectivity index (χ3n) is 2.68. The van der Waals surface area contributed by atoms with Crippen molar-refractivity contribution in [1.29, 1.82) is 0 Å². The van der Waals surface area contributed by atoms with Crippen molar-refractivity contribution in [2.45, 2.75) is 6.61 Å². The van der Waals surface area contributed by atoms with Gasteiger partial charge in [0, 0.05) is 19.3 Å². The summed E-state index contributed by atoms with van der Waals surface area (Å²) < 4.78 is 16.2. The van der Waals surface area contributed by atoms with Crippen molar-refractivity contribution in [3.63, 3.8) is 0 Å². The fourth-order valence-electron chi connectivity index (χ4n) is 1.73. The summed E-state index contributed by atoms with van der Waals surface area (Å²) in [4.78, 5) is 8.20. The molecule has 1 aliphatic rings. The van der Waals surface area contributed by atoms with Crippen LogP contribution in [-0.4, -0.2) is 23.8 Å². The monoisotopic (exact) mass is 259 g/mol. The summed E-state index contributed by atoms with van der Waals surface area (Å²) in [6.45, 7) is 0.688. The highest BCUT2D eigenvalue weighted by atomic mass is 16.7. The zero-order valence-corrected chi connectivity index (χ0v) is 10.4. The van der Waals surface area contributed by atoms with E-state index in [1.54, 1.807) is 19.3 Å². The minimum absolute atomic E-state index is 0.275. The smallest absolute Gasteiger partial charge is 0.231 e. The first-order valence-electron chi connectivity index (χ1n) is 5.87. The Labute approximate surface area is 110 Å². The fourth-order valence-corrected chi connectivity index (χ4v) is 1.73. The van der Waals surface area contributed by atoms with Crippen molar-refractivity contribution in [2.24, 2.45) is 0 Å². The molecule has 0 unspecified atom stereocenters. The molecule has 2 heterocycles. The lowest BCUT2D eigenvalue weighted by Gasteiger charge is -2.07. The van der Waals surface area contributed by atoms with Crippen LogP contribution in [0.25, 0.3) is 0 Å². The first-order valence-corrected chi connectivity index (χ1v) is 5.87. The van der Waals surface area contributed by atoms with Crippen LogP contribution in [0.3, 0.4) is 0 Å². The van der Waals surface area contributed by atoms with Gasteiger partial charge >= 0.3 is 0 Å². The van der Waals surface area contributed by atoms with Crippen molar-refractivity contribution in [1.82, 2.24) is 9.97 Å². The van der Waals surface area contributed by atoms with Gasteiger partial charge in [-0.3, -0.25) is 0 Å². The van der Waals surface area contributed by atoms with E-state index in [1.807, 2.05) is 18.2 Å². The SMILES string of the molecule is CNc1nccc(OCc2ccc3c(c2)OCO3)n1. The number of hydrogen-bond donors (Lipinski definition) is 1. The van der Waals surface area contributed by atoms with E-state index in [1.165, 1.54) is 0 Å². The second-order valence-electron chi connectivity index (χ2n) is 3.94. The Morgan fingerprint density at radius 3 is 3.05 bits per heavy atom. The summed E-state index contributed by atoms with van der Waals surface area (Å²) >= 11 is 0. The number of aromatic nitrogens is 2. The van der Waals surface area contributed by atoms with Crippen LogP contribution in [0.4, 0.5) is 5.95 Å². The predicted molar refractivity (Wildman–Crippen MR) is 68.5 cm³/mol. The molecule has 1 N–H and O–H groups in total. The molecule has 0 aliphatic carbocycles. The molecule has 6 heteroatoms. The molecule has 6 nitrogen and oxygen atoms in total. The number of benzene rings is 1. The number of rotatable bonds is 4. The third kappa shape index (κ3) is 2.52. The summed E-state index contributed by atoms with van der Waals surface area (Å²) in [5, 5.41) is 2.86. The maximum absolute atomic E-state index is 5.61. The largest absolute Gasteiger partial charge is 0.473 e. The van der Waals surface area contributed by atoms with E-state index in [9.17, 15) is 0 Å². The van der Waals surface area contributed by atoms with Crippen molar-refractivity contribution in [3.05, 3.63) is 36.0 Å². The molecule has 0 saturated heterocycles. The van der Waals surface area contributed by atoms with Crippen LogP contribution < -0.4 is 19.5 Å². The number of ether oxygens (including phenoxy) is 3. The molecule has 0 spiro atoms. The van der Waals surface area contributed by atoms with E-state index < -0.39 is 0 Å². The van der Waals surface area contributed by atoms with Gasteiger partial charge in [-0.2, -0.15) is 4.98 Å². The zero-order valence-electron chi connectivity index (χ0n) is 10.4. The Balaban J connectivity index is 1.68.